The lowest BCUT2D eigenvalue weighted by Crippen LogP contribution is -2.29. The van der Waals surface area contributed by atoms with E-state index >= 15 is 0 Å². The number of hydrogen-bond donors (Lipinski definition) is 1. The molecule has 0 aromatic carbocycles. The van der Waals surface area contributed by atoms with Crippen LogP contribution in [0.15, 0.2) is 12.3 Å². The van der Waals surface area contributed by atoms with Gasteiger partial charge in [-0.05, 0) is 33.8 Å². The van der Waals surface area contributed by atoms with Gasteiger partial charge in [0, 0.05) is 6.20 Å². The van der Waals surface area contributed by atoms with Gasteiger partial charge in [0.2, 0.25) is 0 Å². The second-order valence-corrected chi connectivity index (χ2v) is 4.75. The van der Waals surface area contributed by atoms with Crippen LogP contribution in [0.2, 0.25) is 0 Å². The third-order valence-corrected chi connectivity index (χ3v) is 2.01. The van der Waals surface area contributed by atoms with Crippen molar-refractivity contribution in [2.75, 3.05) is 0 Å². The van der Waals surface area contributed by atoms with Crippen LogP contribution in [0.5, 0.6) is 0 Å². The van der Waals surface area contributed by atoms with Gasteiger partial charge in [-0.1, -0.05) is 0 Å². The van der Waals surface area contributed by atoms with E-state index in [0.717, 1.165) is 0 Å². The molecule has 2 N–H and O–H groups in total. The van der Waals surface area contributed by atoms with Crippen LogP contribution in [-0.4, -0.2) is 27.3 Å². The molecule has 0 aliphatic carbocycles. The molecule has 1 rings (SSSR count). The lowest BCUT2D eigenvalue weighted by molar-refractivity contribution is -0.158. The number of nitrogens with zero attached hydrogens (tertiary/aromatic N) is 2. The summed E-state index contributed by atoms with van der Waals surface area (Å²) in [6.07, 6.45) is 1.52. The maximum Gasteiger partial charge on any atom is 0.331 e. The first-order chi connectivity index (χ1) is 7.70. The SMILES string of the molecule is CC(C(=O)OC(C)(C)C)n1ccc(C(N)=O)n1. The monoisotopic (exact) mass is 239 g/mol. The number of aromatic nitrogens is 2. The summed E-state index contributed by atoms with van der Waals surface area (Å²) in [6, 6.07) is 0.866. The molecular formula is C11H17N3O3. The highest BCUT2D eigenvalue weighted by Crippen LogP contribution is 2.14. The topological polar surface area (TPSA) is 87.2 Å². The van der Waals surface area contributed by atoms with Crippen LogP contribution in [0.1, 0.15) is 44.2 Å². The van der Waals surface area contributed by atoms with Crippen molar-refractivity contribution in [3.63, 3.8) is 0 Å². The molecule has 0 bridgehead atoms. The first-order valence-electron chi connectivity index (χ1n) is 5.28. The molecule has 0 fully saturated rings. The van der Waals surface area contributed by atoms with Crippen molar-refractivity contribution in [1.29, 1.82) is 0 Å². The zero-order chi connectivity index (χ0) is 13.2. The fourth-order valence-electron chi connectivity index (χ4n) is 1.18. The number of carbonyl (C=O) groups is 2. The number of nitrogens with two attached hydrogens (primary N) is 1. The predicted molar refractivity (Wildman–Crippen MR) is 61.3 cm³/mol. The number of ether oxygens (including phenoxy) is 1. The van der Waals surface area contributed by atoms with Crippen molar-refractivity contribution < 1.29 is 14.3 Å². The van der Waals surface area contributed by atoms with Crippen LogP contribution < -0.4 is 5.73 Å². The molecule has 0 saturated carbocycles. The largest absolute Gasteiger partial charge is 0.458 e. The van der Waals surface area contributed by atoms with E-state index in [0.29, 0.717) is 0 Å². The maximum absolute atomic E-state index is 11.7. The van der Waals surface area contributed by atoms with Crippen molar-refractivity contribution >= 4 is 11.9 Å². The van der Waals surface area contributed by atoms with Crippen molar-refractivity contribution in [3.8, 4) is 0 Å². The summed E-state index contributed by atoms with van der Waals surface area (Å²) in [5, 5.41) is 3.90. The van der Waals surface area contributed by atoms with Gasteiger partial charge in [-0.2, -0.15) is 5.10 Å². The summed E-state index contributed by atoms with van der Waals surface area (Å²) in [6.45, 7) is 7.01. The predicted octanol–water partition coefficient (Wildman–Crippen LogP) is 0.885. The standard InChI is InChI=1S/C11H17N3O3/c1-7(10(16)17-11(2,3)4)14-6-5-8(13-14)9(12)15/h5-7H,1-4H3,(H2,12,15). The van der Waals surface area contributed by atoms with E-state index in [-0.39, 0.29) is 5.69 Å². The maximum atomic E-state index is 11.7. The Labute approximate surface area is 99.7 Å². The number of esters is 1. The molecule has 94 valence electrons. The summed E-state index contributed by atoms with van der Waals surface area (Å²) in [4.78, 5) is 22.6. The lowest BCUT2D eigenvalue weighted by Gasteiger charge is -2.22. The minimum absolute atomic E-state index is 0.125. The fourth-order valence-corrected chi connectivity index (χ4v) is 1.18. The molecular weight excluding hydrogens is 222 g/mol. The summed E-state index contributed by atoms with van der Waals surface area (Å²) in [5.41, 5.74) is 4.65. The van der Waals surface area contributed by atoms with Crippen LogP contribution in [-0.2, 0) is 9.53 Å². The molecule has 17 heavy (non-hydrogen) atoms. The molecule has 1 unspecified atom stereocenters. The smallest absolute Gasteiger partial charge is 0.331 e. The highest BCUT2D eigenvalue weighted by Gasteiger charge is 2.23. The van der Waals surface area contributed by atoms with E-state index in [9.17, 15) is 9.59 Å². The average Bonchev–Trinajstić information content (AvgIpc) is 2.62. The summed E-state index contributed by atoms with van der Waals surface area (Å²) in [5.74, 6) is -1.03. The number of amides is 1. The third kappa shape index (κ3) is 3.58. The normalized spacial score (nSPS) is 13.2. The fraction of sp³-hybridized carbons (Fsp3) is 0.545. The van der Waals surface area contributed by atoms with Gasteiger partial charge in [0.25, 0.3) is 5.91 Å². The van der Waals surface area contributed by atoms with Gasteiger partial charge >= 0.3 is 5.97 Å². The Bertz CT molecular complexity index is 431. The Morgan fingerprint density at radius 1 is 1.47 bits per heavy atom. The summed E-state index contributed by atoms with van der Waals surface area (Å²) < 4.78 is 6.56. The van der Waals surface area contributed by atoms with Crippen molar-refractivity contribution in [2.45, 2.75) is 39.3 Å². The summed E-state index contributed by atoms with van der Waals surface area (Å²) >= 11 is 0. The first-order valence-corrected chi connectivity index (χ1v) is 5.28. The molecule has 0 spiro atoms. The number of carbonyl (C=O) groups excluding carboxylic acids is 2. The number of hydrogen-bond acceptors (Lipinski definition) is 4. The zero-order valence-corrected chi connectivity index (χ0v) is 10.4. The minimum atomic E-state index is -0.625. The Hall–Kier alpha value is -1.85. The quantitative estimate of drug-likeness (QED) is 0.793. The van der Waals surface area contributed by atoms with Gasteiger partial charge in [-0.25, -0.2) is 4.79 Å². The van der Waals surface area contributed by atoms with Gasteiger partial charge in [0.05, 0.1) is 0 Å². The van der Waals surface area contributed by atoms with Gasteiger partial charge < -0.3 is 10.5 Å². The molecule has 0 aliphatic heterocycles. The Morgan fingerprint density at radius 2 is 2.06 bits per heavy atom. The Balaban J connectivity index is 2.78. The van der Waals surface area contributed by atoms with Crippen LogP contribution in [0.4, 0.5) is 0 Å². The van der Waals surface area contributed by atoms with E-state index in [1.807, 2.05) is 0 Å². The van der Waals surface area contributed by atoms with Gasteiger partial charge in [-0.15, -0.1) is 0 Å². The molecule has 1 heterocycles. The lowest BCUT2D eigenvalue weighted by atomic mass is 10.2. The molecule has 1 aromatic heterocycles. The highest BCUT2D eigenvalue weighted by atomic mass is 16.6. The Kier molecular flexibility index (Phi) is 3.55. The number of primary amides is 1. The minimum Gasteiger partial charge on any atom is -0.458 e. The number of rotatable bonds is 3. The van der Waals surface area contributed by atoms with Gasteiger partial charge in [0.1, 0.15) is 17.3 Å². The van der Waals surface area contributed by atoms with Gasteiger partial charge in [0.15, 0.2) is 0 Å². The van der Waals surface area contributed by atoms with Gasteiger partial charge in [-0.3, -0.25) is 9.48 Å². The summed E-state index contributed by atoms with van der Waals surface area (Å²) in [7, 11) is 0. The second kappa shape index (κ2) is 4.57. The third-order valence-electron chi connectivity index (χ3n) is 2.01. The molecule has 1 atom stereocenters. The molecule has 6 heteroatoms. The van der Waals surface area contributed by atoms with E-state index in [4.69, 9.17) is 10.5 Å². The van der Waals surface area contributed by atoms with Crippen molar-refractivity contribution in [1.82, 2.24) is 9.78 Å². The Morgan fingerprint density at radius 3 is 2.47 bits per heavy atom. The van der Waals surface area contributed by atoms with E-state index in [1.165, 1.54) is 16.9 Å². The molecule has 0 aliphatic rings. The van der Waals surface area contributed by atoms with Crippen molar-refractivity contribution in [2.24, 2.45) is 5.73 Å². The molecule has 6 nitrogen and oxygen atoms in total. The van der Waals surface area contributed by atoms with E-state index in [1.54, 1.807) is 27.7 Å². The van der Waals surface area contributed by atoms with Crippen LogP contribution >= 0.6 is 0 Å². The molecule has 1 aromatic rings. The van der Waals surface area contributed by atoms with Crippen molar-refractivity contribution in [3.05, 3.63) is 18.0 Å². The second-order valence-electron chi connectivity index (χ2n) is 4.75. The van der Waals surface area contributed by atoms with Crippen LogP contribution in [0, 0.1) is 0 Å². The zero-order valence-electron chi connectivity index (χ0n) is 10.4. The highest BCUT2D eigenvalue weighted by molar-refractivity contribution is 5.90. The first kappa shape index (κ1) is 13.2. The average molecular weight is 239 g/mol. The van der Waals surface area contributed by atoms with E-state index in [2.05, 4.69) is 5.10 Å². The van der Waals surface area contributed by atoms with Crippen LogP contribution in [0.3, 0.4) is 0 Å². The molecule has 0 saturated heterocycles. The van der Waals surface area contributed by atoms with Crippen LogP contribution in [0.25, 0.3) is 0 Å². The molecule has 0 radical (unpaired) electrons. The molecule has 1 amide bonds. The van der Waals surface area contributed by atoms with E-state index < -0.39 is 23.5 Å².